The van der Waals surface area contributed by atoms with Gasteiger partial charge >= 0.3 is 12.0 Å². The van der Waals surface area contributed by atoms with E-state index in [1.54, 1.807) is 6.07 Å². The fourth-order valence-corrected chi connectivity index (χ4v) is 3.70. The minimum atomic E-state index is -0.937. The minimum absolute atomic E-state index is 0.00336. The van der Waals surface area contributed by atoms with Gasteiger partial charge in [0.15, 0.2) is 6.61 Å². The molecule has 2 aliphatic rings. The highest BCUT2D eigenvalue weighted by Crippen LogP contribution is 2.38. The molecule has 4 amide bonds. The normalized spacial score (nSPS) is 24.2. The Balaban J connectivity index is 1.51. The van der Waals surface area contributed by atoms with Crippen molar-refractivity contribution in [2.45, 2.75) is 38.1 Å². The number of aromatic nitrogens is 1. The Kier molecular flexibility index (Phi) is 5.83. The third-order valence-electron chi connectivity index (χ3n) is 5.15. The highest BCUT2D eigenvalue weighted by Gasteiger charge is 2.55. The summed E-state index contributed by atoms with van der Waals surface area (Å²) in [6.07, 6.45) is 4.60. The van der Waals surface area contributed by atoms with Crippen molar-refractivity contribution in [3.8, 4) is 0 Å². The first-order valence-corrected chi connectivity index (χ1v) is 9.41. The van der Waals surface area contributed by atoms with Crippen LogP contribution in [-0.4, -0.2) is 52.4 Å². The van der Waals surface area contributed by atoms with Gasteiger partial charge < -0.3 is 15.4 Å². The number of anilines is 1. The van der Waals surface area contributed by atoms with Gasteiger partial charge in [0.25, 0.3) is 11.8 Å². The van der Waals surface area contributed by atoms with Crippen LogP contribution in [0.25, 0.3) is 0 Å². The molecule has 1 aromatic rings. The molecule has 3 rings (SSSR count). The highest BCUT2D eigenvalue weighted by molar-refractivity contribution is 6.30. The van der Waals surface area contributed by atoms with Gasteiger partial charge in [-0.3, -0.25) is 19.3 Å². The number of ether oxygens (including phenoxy) is 1. The summed E-state index contributed by atoms with van der Waals surface area (Å²) in [4.78, 5) is 53.6. The molecule has 150 valence electrons. The zero-order chi connectivity index (χ0) is 20.3. The lowest BCUT2D eigenvalue weighted by atomic mass is 9.73. The lowest BCUT2D eigenvalue weighted by Gasteiger charge is -2.36. The Bertz CT molecular complexity index is 800. The fourth-order valence-electron chi connectivity index (χ4n) is 3.59. The van der Waals surface area contributed by atoms with E-state index < -0.39 is 42.5 Å². The molecule has 1 aliphatic heterocycles. The molecule has 0 aromatic carbocycles. The first kappa shape index (κ1) is 20.1. The fraction of sp³-hybridized carbons (Fsp3) is 0.500. The molecule has 28 heavy (non-hydrogen) atoms. The molecule has 1 saturated heterocycles. The van der Waals surface area contributed by atoms with Crippen LogP contribution in [0.3, 0.4) is 0 Å². The number of esters is 1. The van der Waals surface area contributed by atoms with Gasteiger partial charge in [-0.05, 0) is 30.9 Å². The molecule has 1 spiro atoms. The van der Waals surface area contributed by atoms with Crippen molar-refractivity contribution in [1.82, 2.24) is 15.2 Å². The average molecular weight is 409 g/mol. The van der Waals surface area contributed by atoms with Crippen LogP contribution < -0.4 is 10.6 Å². The molecule has 1 saturated carbocycles. The van der Waals surface area contributed by atoms with Crippen LogP contribution in [0.4, 0.5) is 10.6 Å². The van der Waals surface area contributed by atoms with Gasteiger partial charge in [-0.15, -0.1) is 0 Å². The van der Waals surface area contributed by atoms with E-state index in [9.17, 15) is 19.2 Å². The highest BCUT2D eigenvalue weighted by atomic mass is 35.5. The average Bonchev–Trinajstić information content (AvgIpc) is 2.89. The van der Waals surface area contributed by atoms with Crippen LogP contribution >= 0.6 is 11.6 Å². The summed E-state index contributed by atoms with van der Waals surface area (Å²) in [5.74, 6) is -1.60. The van der Waals surface area contributed by atoms with Crippen molar-refractivity contribution in [2.75, 3.05) is 18.5 Å². The molecule has 2 heterocycles. The molecule has 9 nitrogen and oxygen atoms in total. The van der Waals surface area contributed by atoms with Crippen molar-refractivity contribution >= 4 is 41.2 Å². The predicted octanol–water partition coefficient (Wildman–Crippen LogP) is 1.72. The Hall–Kier alpha value is -2.68. The number of carbonyl (C=O) groups excluding carboxylic acids is 4. The van der Waals surface area contributed by atoms with Gasteiger partial charge in [-0.2, -0.15) is 0 Å². The van der Waals surface area contributed by atoms with E-state index in [0.717, 1.165) is 24.2 Å². The summed E-state index contributed by atoms with van der Waals surface area (Å²) in [6.45, 7) is 0.828. The van der Waals surface area contributed by atoms with Crippen LogP contribution in [0.1, 0.15) is 32.6 Å². The van der Waals surface area contributed by atoms with E-state index >= 15 is 0 Å². The number of hydrogen-bond donors (Lipinski definition) is 2. The van der Waals surface area contributed by atoms with Crippen LogP contribution in [0.5, 0.6) is 0 Å². The molecule has 0 bridgehead atoms. The van der Waals surface area contributed by atoms with Crippen LogP contribution in [0, 0.1) is 5.92 Å². The standard InChI is InChI=1S/C18H21ClN4O5/c1-11-4-2-3-7-18(11)16(26)23(17(27)22-18)9-15(25)28-10-14(24)21-13-6-5-12(19)8-20-13/h5-6,8,11H,2-4,7,9-10H2,1H3,(H,22,27)(H,20,21,24)/t11-,18-/m1/s1. The maximum atomic E-state index is 12.8. The number of hydrogen-bond acceptors (Lipinski definition) is 6. The van der Waals surface area contributed by atoms with E-state index in [-0.39, 0.29) is 11.7 Å². The monoisotopic (exact) mass is 408 g/mol. The Morgan fingerprint density at radius 2 is 2.18 bits per heavy atom. The van der Waals surface area contributed by atoms with Crippen LogP contribution in [0.15, 0.2) is 18.3 Å². The Morgan fingerprint density at radius 3 is 2.86 bits per heavy atom. The van der Waals surface area contributed by atoms with E-state index in [4.69, 9.17) is 16.3 Å². The summed E-state index contributed by atoms with van der Waals surface area (Å²) in [5.41, 5.74) is -0.937. The number of carbonyl (C=O) groups is 4. The molecule has 1 aliphatic carbocycles. The van der Waals surface area contributed by atoms with Crippen molar-refractivity contribution in [2.24, 2.45) is 5.92 Å². The van der Waals surface area contributed by atoms with E-state index in [2.05, 4.69) is 15.6 Å². The number of amides is 4. The summed E-state index contributed by atoms with van der Waals surface area (Å²) in [6, 6.07) is 2.45. The maximum Gasteiger partial charge on any atom is 0.326 e. The summed E-state index contributed by atoms with van der Waals surface area (Å²) in [7, 11) is 0. The number of urea groups is 1. The zero-order valence-electron chi connectivity index (χ0n) is 15.4. The van der Waals surface area contributed by atoms with Gasteiger partial charge in [0.1, 0.15) is 17.9 Å². The minimum Gasteiger partial charge on any atom is -0.454 e. The topological polar surface area (TPSA) is 118 Å². The molecular weight excluding hydrogens is 388 g/mol. The number of pyridine rings is 1. The van der Waals surface area contributed by atoms with Crippen LogP contribution in [-0.2, 0) is 19.1 Å². The quantitative estimate of drug-likeness (QED) is 0.565. The van der Waals surface area contributed by atoms with E-state index in [0.29, 0.717) is 11.4 Å². The molecule has 1 aromatic heterocycles. The first-order valence-electron chi connectivity index (χ1n) is 9.03. The smallest absolute Gasteiger partial charge is 0.326 e. The van der Waals surface area contributed by atoms with Crippen LogP contribution in [0.2, 0.25) is 5.02 Å². The number of rotatable bonds is 5. The molecular formula is C18H21ClN4O5. The number of nitrogens with one attached hydrogen (secondary N) is 2. The number of imide groups is 1. The second-order valence-electron chi connectivity index (χ2n) is 7.01. The lowest BCUT2D eigenvalue weighted by Crippen LogP contribution is -2.54. The largest absolute Gasteiger partial charge is 0.454 e. The second-order valence-corrected chi connectivity index (χ2v) is 7.45. The molecule has 2 fully saturated rings. The Morgan fingerprint density at radius 1 is 1.39 bits per heavy atom. The Labute approximate surface area is 166 Å². The van der Waals surface area contributed by atoms with Crippen molar-refractivity contribution in [3.63, 3.8) is 0 Å². The van der Waals surface area contributed by atoms with Gasteiger partial charge in [0.2, 0.25) is 0 Å². The van der Waals surface area contributed by atoms with E-state index in [1.165, 1.54) is 12.3 Å². The predicted molar refractivity (Wildman–Crippen MR) is 99.4 cm³/mol. The first-order chi connectivity index (χ1) is 13.3. The SMILES string of the molecule is C[C@@H]1CCCC[C@@]12NC(=O)N(CC(=O)OCC(=O)Nc1ccc(Cl)cn1)C2=O. The summed E-state index contributed by atoms with van der Waals surface area (Å²) in [5, 5.41) is 5.62. The maximum absolute atomic E-state index is 12.8. The number of nitrogens with zero attached hydrogens (tertiary/aromatic N) is 2. The molecule has 0 radical (unpaired) electrons. The van der Waals surface area contributed by atoms with Gasteiger partial charge in [-0.25, -0.2) is 9.78 Å². The third-order valence-corrected chi connectivity index (χ3v) is 5.37. The summed E-state index contributed by atoms with van der Waals surface area (Å²) >= 11 is 5.71. The third kappa shape index (κ3) is 4.09. The van der Waals surface area contributed by atoms with Crippen molar-refractivity contribution in [1.29, 1.82) is 0 Å². The molecule has 2 atom stereocenters. The van der Waals surface area contributed by atoms with Crippen molar-refractivity contribution < 1.29 is 23.9 Å². The van der Waals surface area contributed by atoms with Crippen molar-refractivity contribution in [3.05, 3.63) is 23.4 Å². The number of halogens is 1. The molecule has 2 N–H and O–H groups in total. The second kappa shape index (κ2) is 8.14. The van der Waals surface area contributed by atoms with E-state index in [1.807, 2.05) is 6.92 Å². The van der Waals surface area contributed by atoms with Gasteiger partial charge in [0.05, 0.1) is 5.02 Å². The molecule has 10 heteroatoms. The lowest BCUT2D eigenvalue weighted by molar-refractivity contribution is -0.150. The zero-order valence-corrected chi connectivity index (χ0v) is 16.1. The molecule has 0 unspecified atom stereocenters. The van der Waals surface area contributed by atoms with Gasteiger partial charge in [0, 0.05) is 6.20 Å². The summed E-state index contributed by atoms with van der Waals surface area (Å²) < 4.78 is 4.88. The van der Waals surface area contributed by atoms with Gasteiger partial charge in [-0.1, -0.05) is 31.4 Å².